The maximum Gasteiger partial charge on any atom is 0.327 e. The van der Waals surface area contributed by atoms with Crippen LogP contribution in [0.4, 0.5) is 0 Å². The first-order chi connectivity index (χ1) is 16.5. The summed E-state index contributed by atoms with van der Waals surface area (Å²) in [6.45, 7) is 2.64. The highest BCUT2D eigenvalue weighted by molar-refractivity contribution is 7.80. The molecule has 0 aliphatic carbocycles. The van der Waals surface area contributed by atoms with Crippen molar-refractivity contribution >= 4 is 48.1 Å². The van der Waals surface area contributed by atoms with Crippen LogP contribution in [-0.2, 0) is 28.8 Å². The van der Waals surface area contributed by atoms with Crippen molar-refractivity contribution in [2.45, 2.75) is 70.5 Å². The third kappa shape index (κ3) is 14.9. The minimum atomic E-state index is -1.25. The number of carboxylic acid groups (broad SMARTS) is 1. The van der Waals surface area contributed by atoms with Crippen LogP contribution in [-0.4, -0.2) is 84.1 Å². The van der Waals surface area contributed by atoms with Gasteiger partial charge in [-0.3, -0.25) is 24.0 Å². The van der Waals surface area contributed by atoms with Crippen molar-refractivity contribution in [3.63, 3.8) is 0 Å². The molecule has 0 radical (unpaired) electrons. The molecule has 8 N–H and O–H groups in total. The van der Waals surface area contributed by atoms with E-state index in [2.05, 4.69) is 39.2 Å². The molecule has 0 rings (SSSR count). The molecule has 0 heterocycles. The van der Waals surface area contributed by atoms with Crippen LogP contribution in [0.3, 0.4) is 0 Å². The van der Waals surface area contributed by atoms with Gasteiger partial charge in [0.05, 0.1) is 25.7 Å². The lowest BCUT2D eigenvalue weighted by atomic mass is 10.1. The zero-order valence-corrected chi connectivity index (χ0v) is 21.1. The summed E-state index contributed by atoms with van der Waals surface area (Å²) in [4.78, 5) is 71.1. The van der Waals surface area contributed by atoms with Crippen LogP contribution >= 0.6 is 12.6 Å². The topological polar surface area (TPSA) is 209 Å². The summed E-state index contributed by atoms with van der Waals surface area (Å²) >= 11 is 3.89. The van der Waals surface area contributed by atoms with E-state index in [0.29, 0.717) is 12.8 Å². The van der Waals surface area contributed by atoms with E-state index in [0.717, 1.165) is 19.3 Å². The van der Waals surface area contributed by atoms with Crippen molar-refractivity contribution in [2.24, 2.45) is 5.73 Å². The van der Waals surface area contributed by atoms with Gasteiger partial charge in [-0.05, 0) is 12.8 Å². The lowest BCUT2D eigenvalue weighted by Gasteiger charge is -2.20. The molecule has 3 atom stereocenters. The summed E-state index contributed by atoms with van der Waals surface area (Å²) in [6.07, 6.45) is 3.82. The van der Waals surface area contributed by atoms with Gasteiger partial charge in [0, 0.05) is 5.75 Å². The van der Waals surface area contributed by atoms with Crippen LogP contribution in [0.5, 0.6) is 0 Å². The van der Waals surface area contributed by atoms with Gasteiger partial charge in [0.25, 0.3) is 0 Å². The molecule has 35 heavy (non-hydrogen) atoms. The van der Waals surface area contributed by atoms with Gasteiger partial charge in [-0.2, -0.15) is 12.6 Å². The molecule has 0 saturated carbocycles. The zero-order valence-electron chi connectivity index (χ0n) is 20.2. The van der Waals surface area contributed by atoms with E-state index in [1.807, 2.05) is 13.8 Å². The number of nitrogens with two attached hydrogens (primary N) is 1. The maximum absolute atomic E-state index is 12.4. The van der Waals surface area contributed by atoms with E-state index < -0.39 is 66.7 Å². The second-order valence-corrected chi connectivity index (χ2v) is 8.23. The van der Waals surface area contributed by atoms with Crippen LogP contribution in [0.2, 0.25) is 0 Å². The van der Waals surface area contributed by atoms with Crippen molar-refractivity contribution in [3.8, 4) is 0 Å². The van der Waals surface area contributed by atoms with Gasteiger partial charge in [0.15, 0.2) is 0 Å². The molecule has 13 nitrogen and oxygen atoms in total. The first kappa shape index (κ1) is 32.1. The summed E-state index contributed by atoms with van der Waals surface area (Å²) < 4.78 is 0. The molecule has 5 amide bonds. The van der Waals surface area contributed by atoms with E-state index >= 15 is 0 Å². The Hall–Kier alpha value is -2.87. The van der Waals surface area contributed by atoms with E-state index in [1.165, 1.54) is 0 Å². The number of thiol groups is 1. The number of carbonyl (C=O) groups is 6. The molecule has 0 saturated heterocycles. The monoisotopic (exact) mass is 518 g/mol. The first-order valence-corrected chi connectivity index (χ1v) is 12.2. The lowest BCUT2D eigenvalue weighted by molar-refractivity contribution is -0.141. The Morgan fingerprint density at radius 3 is 1.77 bits per heavy atom. The highest BCUT2D eigenvalue weighted by atomic mass is 32.1. The number of carboxylic acids is 1. The fourth-order valence-electron chi connectivity index (χ4n) is 2.72. The Kier molecular flexibility index (Phi) is 16.9. The third-order valence-electron chi connectivity index (χ3n) is 4.82. The fraction of sp³-hybridized carbons (Fsp3) is 0.714. The van der Waals surface area contributed by atoms with Crippen molar-refractivity contribution in [2.75, 3.05) is 25.4 Å². The summed E-state index contributed by atoms with van der Waals surface area (Å²) in [5, 5.41) is 20.8. The van der Waals surface area contributed by atoms with Crippen molar-refractivity contribution < 1.29 is 33.9 Å². The van der Waals surface area contributed by atoms with Gasteiger partial charge in [0.2, 0.25) is 29.5 Å². The molecule has 0 fully saturated rings. The number of nitrogens with one attached hydrogen (secondary N) is 5. The Morgan fingerprint density at radius 2 is 1.26 bits per heavy atom. The Labute approximate surface area is 210 Å². The number of unbranched alkanes of at least 4 members (excludes halogenated alkanes) is 2. The molecule has 0 aliphatic heterocycles. The molecule has 14 heteroatoms. The molecule has 0 bridgehead atoms. The van der Waals surface area contributed by atoms with Gasteiger partial charge < -0.3 is 37.4 Å². The van der Waals surface area contributed by atoms with Crippen molar-refractivity contribution in [1.82, 2.24) is 26.6 Å². The minimum absolute atomic E-state index is 0.118. The van der Waals surface area contributed by atoms with Crippen molar-refractivity contribution in [1.29, 1.82) is 0 Å². The Balaban J connectivity index is 4.46. The minimum Gasteiger partial charge on any atom is -0.480 e. The van der Waals surface area contributed by atoms with Crippen LogP contribution in [0.15, 0.2) is 0 Å². The molecule has 0 aromatic heterocycles. The second kappa shape index (κ2) is 18.5. The molecular formula is C21H38N6O7S. The van der Waals surface area contributed by atoms with Crippen LogP contribution in [0.1, 0.15) is 52.4 Å². The number of hydrogen-bond donors (Lipinski definition) is 8. The SMILES string of the molecule is CCCC[C@H](NC(=O)CNC(=O)CNC(=O)CNC(=O)[C@@H](N)CCCC)C(=O)N[C@@H](CS)C(=O)O. The van der Waals surface area contributed by atoms with Crippen LogP contribution in [0, 0.1) is 0 Å². The summed E-state index contributed by atoms with van der Waals surface area (Å²) in [6, 6.07) is -2.89. The van der Waals surface area contributed by atoms with Gasteiger partial charge in [-0.1, -0.05) is 39.5 Å². The van der Waals surface area contributed by atoms with Crippen LogP contribution in [0.25, 0.3) is 0 Å². The van der Waals surface area contributed by atoms with E-state index in [4.69, 9.17) is 10.8 Å². The van der Waals surface area contributed by atoms with Crippen molar-refractivity contribution in [3.05, 3.63) is 0 Å². The number of hydrogen-bond acceptors (Lipinski definition) is 8. The summed E-state index contributed by atoms with van der Waals surface area (Å²) in [5.74, 6) is -4.41. The number of aliphatic carboxylic acids is 1. The first-order valence-electron chi connectivity index (χ1n) is 11.6. The summed E-state index contributed by atoms with van der Waals surface area (Å²) in [5.41, 5.74) is 5.70. The van der Waals surface area contributed by atoms with E-state index in [-0.39, 0.29) is 18.7 Å². The standard InChI is InChI=1S/C21H38N6O7S/c1-3-5-7-13(22)19(31)25-10-17(29)23-9-16(28)24-11-18(30)26-14(8-6-4-2)20(32)27-15(12-35)21(33)34/h13-15,35H,3-12,22H2,1-2H3,(H,23,29)(H,24,28)(H,25,31)(H,26,30)(H,27,32)(H,33,34)/t13-,14-,15-/m0/s1. The highest BCUT2D eigenvalue weighted by Crippen LogP contribution is 2.02. The third-order valence-corrected chi connectivity index (χ3v) is 5.18. The van der Waals surface area contributed by atoms with Gasteiger partial charge in [-0.15, -0.1) is 0 Å². The van der Waals surface area contributed by atoms with Gasteiger partial charge in [-0.25, -0.2) is 4.79 Å². The molecule has 0 aliphatic rings. The molecule has 0 aromatic carbocycles. The molecular weight excluding hydrogens is 480 g/mol. The van der Waals surface area contributed by atoms with Crippen LogP contribution < -0.4 is 32.3 Å². The summed E-state index contributed by atoms with van der Waals surface area (Å²) in [7, 11) is 0. The van der Waals surface area contributed by atoms with E-state index in [9.17, 15) is 28.8 Å². The molecule has 0 unspecified atom stereocenters. The van der Waals surface area contributed by atoms with E-state index in [1.54, 1.807) is 0 Å². The predicted octanol–water partition coefficient (Wildman–Crippen LogP) is -1.97. The fourth-order valence-corrected chi connectivity index (χ4v) is 2.96. The smallest absolute Gasteiger partial charge is 0.327 e. The lowest BCUT2D eigenvalue weighted by Crippen LogP contribution is -2.53. The number of amides is 5. The Bertz CT molecular complexity index is 737. The molecule has 0 aromatic rings. The Morgan fingerprint density at radius 1 is 0.743 bits per heavy atom. The maximum atomic E-state index is 12.4. The second-order valence-electron chi connectivity index (χ2n) is 7.86. The average molecular weight is 519 g/mol. The normalized spacial score (nSPS) is 13.0. The predicted molar refractivity (Wildman–Crippen MR) is 131 cm³/mol. The molecule has 200 valence electrons. The number of carbonyl (C=O) groups excluding carboxylic acids is 5. The van der Waals surface area contributed by atoms with Gasteiger partial charge in [0.1, 0.15) is 12.1 Å². The average Bonchev–Trinajstić information content (AvgIpc) is 2.83. The molecule has 0 spiro atoms. The zero-order chi connectivity index (χ0) is 26.8. The van der Waals surface area contributed by atoms with Gasteiger partial charge >= 0.3 is 5.97 Å². The quantitative estimate of drug-likeness (QED) is 0.0952. The highest BCUT2D eigenvalue weighted by Gasteiger charge is 2.25. The number of rotatable bonds is 18. The largest absolute Gasteiger partial charge is 0.480 e.